The van der Waals surface area contributed by atoms with Crippen LogP contribution >= 0.6 is 0 Å². The van der Waals surface area contributed by atoms with Crippen molar-refractivity contribution in [3.8, 4) is 0 Å². The van der Waals surface area contributed by atoms with Crippen molar-refractivity contribution in [1.29, 1.82) is 0 Å². The lowest BCUT2D eigenvalue weighted by atomic mass is 10.2. The number of hydrogen-bond donors (Lipinski definition) is 1. The minimum atomic E-state index is -1.08. The second-order valence-corrected chi connectivity index (χ2v) is 5.61. The fraction of sp³-hybridized carbons (Fsp3) is 0.200. The van der Waals surface area contributed by atoms with E-state index in [1.807, 2.05) is 60.7 Å². The number of carboxylic acid groups (broad SMARTS) is 1. The van der Waals surface area contributed by atoms with Crippen LogP contribution in [0.15, 0.2) is 72.8 Å². The highest BCUT2D eigenvalue weighted by Gasteiger charge is 2.18. The first kappa shape index (κ1) is 18.3. The molecule has 0 radical (unpaired) electrons. The second kappa shape index (κ2) is 9.27. The fourth-order valence-corrected chi connectivity index (χ4v) is 2.28. The first-order chi connectivity index (χ1) is 12.0. The van der Waals surface area contributed by atoms with Crippen molar-refractivity contribution in [2.24, 2.45) is 0 Å². The van der Waals surface area contributed by atoms with Gasteiger partial charge < -0.3 is 9.84 Å². The Bertz CT molecular complexity index is 671. The minimum Gasteiger partial charge on any atom is -0.478 e. The van der Waals surface area contributed by atoms with Crippen LogP contribution in [0.4, 0.5) is 4.79 Å². The summed E-state index contributed by atoms with van der Waals surface area (Å²) in [5.41, 5.74) is 1.98. The normalized spacial score (nSPS) is 11.9. The summed E-state index contributed by atoms with van der Waals surface area (Å²) in [6.07, 6.45) is 1.19. The third-order valence-electron chi connectivity index (χ3n) is 3.49. The van der Waals surface area contributed by atoms with Gasteiger partial charge in [-0.25, -0.2) is 9.59 Å². The zero-order valence-corrected chi connectivity index (χ0v) is 14.0. The number of rotatable bonds is 7. The van der Waals surface area contributed by atoms with Gasteiger partial charge in [0.25, 0.3) is 0 Å². The summed E-state index contributed by atoms with van der Waals surface area (Å²) in [5.74, 6) is -1.08. The molecule has 0 bridgehead atoms. The number of amides is 1. The molecule has 130 valence electrons. The van der Waals surface area contributed by atoms with Crippen LogP contribution in [0.1, 0.15) is 18.1 Å². The third kappa shape index (κ3) is 6.51. The van der Waals surface area contributed by atoms with Crippen molar-refractivity contribution in [3.63, 3.8) is 0 Å². The van der Waals surface area contributed by atoms with Gasteiger partial charge in [-0.1, -0.05) is 60.7 Å². The lowest BCUT2D eigenvalue weighted by Gasteiger charge is -2.24. The fourth-order valence-electron chi connectivity index (χ4n) is 2.28. The van der Waals surface area contributed by atoms with Crippen LogP contribution < -0.4 is 0 Å². The van der Waals surface area contributed by atoms with Crippen LogP contribution in [0.3, 0.4) is 0 Å². The molecule has 0 heterocycles. The molecule has 0 saturated carbocycles. The highest BCUT2D eigenvalue weighted by atomic mass is 16.6. The molecule has 2 rings (SSSR count). The zero-order chi connectivity index (χ0) is 18.1. The van der Waals surface area contributed by atoms with Crippen molar-refractivity contribution in [3.05, 3.63) is 83.9 Å². The Morgan fingerprint density at radius 3 is 1.92 bits per heavy atom. The highest BCUT2D eigenvalue weighted by Crippen LogP contribution is 2.12. The predicted molar refractivity (Wildman–Crippen MR) is 94.8 cm³/mol. The van der Waals surface area contributed by atoms with Crippen LogP contribution in [0.2, 0.25) is 0 Å². The molecule has 2 aromatic carbocycles. The van der Waals surface area contributed by atoms with Gasteiger partial charge in [0, 0.05) is 19.2 Å². The molecule has 5 nitrogen and oxygen atoms in total. The Morgan fingerprint density at radius 1 is 1.00 bits per heavy atom. The molecule has 5 heteroatoms. The zero-order valence-electron chi connectivity index (χ0n) is 14.0. The molecule has 0 spiro atoms. The first-order valence-corrected chi connectivity index (χ1v) is 7.99. The summed E-state index contributed by atoms with van der Waals surface area (Å²) >= 11 is 0. The SMILES string of the molecule is C[C@@H](C=CC(=O)O)OC(=O)N(Cc1ccccc1)Cc1ccccc1. The van der Waals surface area contributed by atoms with E-state index in [0.717, 1.165) is 17.2 Å². The molecule has 25 heavy (non-hydrogen) atoms. The maximum atomic E-state index is 12.5. The Kier molecular flexibility index (Phi) is 6.77. The summed E-state index contributed by atoms with van der Waals surface area (Å²) in [6, 6.07) is 19.3. The molecule has 1 N–H and O–H groups in total. The number of carbonyl (C=O) groups excluding carboxylic acids is 1. The van der Waals surface area contributed by atoms with E-state index in [1.54, 1.807) is 11.8 Å². The minimum absolute atomic E-state index is 0.407. The van der Waals surface area contributed by atoms with Gasteiger partial charge in [-0.15, -0.1) is 0 Å². The monoisotopic (exact) mass is 339 g/mol. The van der Waals surface area contributed by atoms with E-state index in [1.165, 1.54) is 6.08 Å². The van der Waals surface area contributed by atoms with E-state index in [2.05, 4.69) is 0 Å². The maximum absolute atomic E-state index is 12.5. The number of carbonyl (C=O) groups is 2. The highest BCUT2D eigenvalue weighted by molar-refractivity contribution is 5.79. The maximum Gasteiger partial charge on any atom is 0.410 e. The van der Waals surface area contributed by atoms with E-state index >= 15 is 0 Å². The molecule has 0 saturated heterocycles. The summed E-state index contributed by atoms with van der Waals surface area (Å²) in [5, 5.41) is 8.66. The molecule has 0 aliphatic carbocycles. The van der Waals surface area contributed by atoms with Gasteiger partial charge in [0.2, 0.25) is 0 Å². The van der Waals surface area contributed by atoms with E-state index in [-0.39, 0.29) is 0 Å². The molecule has 1 atom stereocenters. The van der Waals surface area contributed by atoms with Crippen molar-refractivity contribution >= 4 is 12.1 Å². The summed E-state index contributed by atoms with van der Waals surface area (Å²) in [6.45, 7) is 2.44. The lowest BCUT2D eigenvalue weighted by Crippen LogP contribution is -2.32. The van der Waals surface area contributed by atoms with E-state index < -0.39 is 18.2 Å². The predicted octanol–water partition coefficient (Wildman–Crippen LogP) is 3.85. The van der Waals surface area contributed by atoms with Crippen LogP contribution in [0.5, 0.6) is 0 Å². The van der Waals surface area contributed by atoms with E-state index in [0.29, 0.717) is 13.1 Å². The van der Waals surface area contributed by atoms with Crippen molar-refractivity contribution in [2.75, 3.05) is 0 Å². The Morgan fingerprint density at radius 2 is 1.48 bits per heavy atom. The standard InChI is InChI=1S/C20H21NO4/c1-16(12-13-19(22)23)25-20(24)21(14-17-8-4-2-5-9-17)15-18-10-6-3-7-11-18/h2-13,16H,14-15H2,1H3,(H,22,23)/t16-/m0/s1. The molecule has 0 aromatic heterocycles. The molecular weight excluding hydrogens is 318 g/mol. The van der Waals surface area contributed by atoms with Gasteiger partial charge >= 0.3 is 12.1 Å². The Balaban J connectivity index is 2.09. The van der Waals surface area contributed by atoms with Gasteiger partial charge in [-0.3, -0.25) is 4.90 Å². The molecule has 0 aliphatic rings. The van der Waals surface area contributed by atoms with Gasteiger partial charge in [-0.2, -0.15) is 0 Å². The van der Waals surface area contributed by atoms with E-state index in [9.17, 15) is 9.59 Å². The van der Waals surface area contributed by atoms with Crippen LogP contribution in [0, 0.1) is 0 Å². The Hall–Kier alpha value is -3.08. The van der Waals surface area contributed by atoms with Crippen molar-refractivity contribution < 1.29 is 19.4 Å². The summed E-state index contributed by atoms with van der Waals surface area (Å²) in [7, 11) is 0. The summed E-state index contributed by atoms with van der Waals surface area (Å²) in [4.78, 5) is 24.7. The molecular formula is C20H21NO4. The molecule has 2 aromatic rings. The number of aliphatic carboxylic acids is 1. The Labute approximate surface area is 147 Å². The number of carboxylic acids is 1. The third-order valence-corrected chi connectivity index (χ3v) is 3.49. The van der Waals surface area contributed by atoms with Gasteiger partial charge in [0.05, 0.1) is 0 Å². The smallest absolute Gasteiger partial charge is 0.410 e. The van der Waals surface area contributed by atoms with Crippen molar-refractivity contribution in [1.82, 2.24) is 4.90 Å². The van der Waals surface area contributed by atoms with Crippen LogP contribution in [-0.4, -0.2) is 28.2 Å². The topological polar surface area (TPSA) is 66.8 Å². The average molecular weight is 339 g/mol. The number of ether oxygens (including phenoxy) is 1. The van der Waals surface area contributed by atoms with Crippen LogP contribution in [-0.2, 0) is 22.6 Å². The largest absolute Gasteiger partial charge is 0.478 e. The number of nitrogens with zero attached hydrogens (tertiary/aromatic N) is 1. The van der Waals surface area contributed by atoms with E-state index in [4.69, 9.17) is 9.84 Å². The lowest BCUT2D eigenvalue weighted by molar-refractivity contribution is -0.131. The van der Waals surface area contributed by atoms with Crippen LogP contribution in [0.25, 0.3) is 0 Å². The van der Waals surface area contributed by atoms with Crippen molar-refractivity contribution in [2.45, 2.75) is 26.1 Å². The first-order valence-electron chi connectivity index (χ1n) is 7.99. The number of hydrogen-bond acceptors (Lipinski definition) is 3. The second-order valence-electron chi connectivity index (χ2n) is 5.61. The van der Waals surface area contributed by atoms with Gasteiger partial charge in [0.15, 0.2) is 0 Å². The molecule has 0 aliphatic heterocycles. The quantitative estimate of drug-likeness (QED) is 0.778. The molecule has 0 fully saturated rings. The average Bonchev–Trinajstić information content (AvgIpc) is 2.61. The molecule has 0 unspecified atom stereocenters. The van der Waals surface area contributed by atoms with Gasteiger partial charge in [0.1, 0.15) is 6.10 Å². The number of benzene rings is 2. The van der Waals surface area contributed by atoms with Gasteiger partial charge in [-0.05, 0) is 24.1 Å². The molecule has 1 amide bonds. The summed E-state index contributed by atoms with van der Waals surface area (Å²) < 4.78 is 5.34.